The zero-order chi connectivity index (χ0) is 14.4. The zero-order valence-electron chi connectivity index (χ0n) is 12.2. The Hall–Kier alpha value is -1.91. The van der Waals surface area contributed by atoms with Crippen molar-refractivity contribution in [3.8, 4) is 5.75 Å². The number of anilines is 1. The molecule has 0 unspecified atom stereocenters. The summed E-state index contributed by atoms with van der Waals surface area (Å²) in [5, 5.41) is 5.67. The van der Waals surface area contributed by atoms with Gasteiger partial charge in [0, 0.05) is 37.9 Å². The van der Waals surface area contributed by atoms with Gasteiger partial charge in [-0.05, 0) is 31.4 Å². The van der Waals surface area contributed by atoms with E-state index < -0.39 is 0 Å². The van der Waals surface area contributed by atoms with Crippen molar-refractivity contribution in [3.05, 3.63) is 24.3 Å². The summed E-state index contributed by atoms with van der Waals surface area (Å²) >= 11 is 0. The van der Waals surface area contributed by atoms with Crippen LogP contribution in [0.2, 0.25) is 0 Å². The molecule has 1 aliphatic heterocycles. The lowest BCUT2D eigenvalue weighted by Gasteiger charge is -2.19. The highest BCUT2D eigenvalue weighted by Crippen LogP contribution is 2.26. The van der Waals surface area contributed by atoms with E-state index in [2.05, 4.69) is 27.7 Å². The molecule has 0 aromatic heterocycles. The van der Waals surface area contributed by atoms with E-state index in [0.29, 0.717) is 12.5 Å². The number of carbonyl (C=O) groups is 1. The summed E-state index contributed by atoms with van der Waals surface area (Å²) in [6.07, 6.45) is 1.10. The number of hydrogen-bond donors (Lipinski definition) is 2. The summed E-state index contributed by atoms with van der Waals surface area (Å²) in [6, 6.07) is 8.04. The number of nitrogens with one attached hydrogen (secondary N) is 2. The lowest BCUT2D eigenvalue weighted by Crippen LogP contribution is -2.38. The van der Waals surface area contributed by atoms with Gasteiger partial charge in [-0.15, -0.1) is 0 Å². The maximum Gasteiger partial charge on any atom is 0.314 e. The van der Waals surface area contributed by atoms with Gasteiger partial charge in [-0.1, -0.05) is 6.07 Å². The highest BCUT2D eigenvalue weighted by molar-refractivity contribution is 5.73. The maximum atomic E-state index is 11.4. The number of urea groups is 1. The number of amides is 2. The number of methoxy groups -OCH3 is 1. The van der Waals surface area contributed by atoms with Crippen LogP contribution in [-0.4, -0.2) is 39.3 Å². The Labute approximate surface area is 120 Å². The third-order valence-electron chi connectivity index (χ3n) is 3.59. The number of carbonyl (C=O) groups excluding carboxylic acids is 1. The summed E-state index contributed by atoms with van der Waals surface area (Å²) < 4.78 is 5.26. The predicted octanol–water partition coefficient (Wildman–Crippen LogP) is 1.84. The first-order chi connectivity index (χ1) is 9.72. The quantitative estimate of drug-likeness (QED) is 0.863. The predicted molar refractivity (Wildman–Crippen MR) is 80.4 cm³/mol. The Bertz CT molecular complexity index is 450. The highest BCUT2D eigenvalue weighted by atomic mass is 16.5. The molecule has 0 radical (unpaired) electrons. The van der Waals surface area contributed by atoms with Crippen LogP contribution in [0.25, 0.3) is 0 Å². The van der Waals surface area contributed by atoms with Crippen LogP contribution in [0.15, 0.2) is 24.3 Å². The smallest absolute Gasteiger partial charge is 0.314 e. The Morgan fingerprint density at radius 3 is 3.05 bits per heavy atom. The number of hydrogen-bond acceptors (Lipinski definition) is 3. The van der Waals surface area contributed by atoms with Crippen molar-refractivity contribution in [2.24, 2.45) is 5.92 Å². The molecule has 1 heterocycles. The third-order valence-corrected chi connectivity index (χ3v) is 3.59. The normalized spacial score (nSPS) is 17.9. The van der Waals surface area contributed by atoms with Crippen molar-refractivity contribution in [2.75, 3.05) is 38.2 Å². The standard InChI is InChI=1S/C15H23N3O2/c1-3-16-15(19)17-10-12-7-8-18(11-12)13-5-4-6-14(9-13)20-2/h4-6,9,12H,3,7-8,10-11H2,1-2H3,(H2,16,17,19)/t12-/m1/s1. The molecule has 110 valence electrons. The first kappa shape index (κ1) is 14.5. The molecule has 1 fully saturated rings. The zero-order valence-corrected chi connectivity index (χ0v) is 12.2. The van der Waals surface area contributed by atoms with Gasteiger partial charge in [0.15, 0.2) is 0 Å². The second-order valence-corrected chi connectivity index (χ2v) is 5.04. The SMILES string of the molecule is CCNC(=O)NC[C@H]1CCN(c2cccc(OC)c2)C1. The third kappa shape index (κ3) is 3.79. The van der Waals surface area contributed by atoms with E-state index >= 15 is 0 Å². The van der Waals surface area contributed by atoms with Crippen LogP contribution in [0.3, 0.4) is 0 Å². The molecule has 2 amide bonds. The molecule has 0 bridgehead atoms. The molecule has 2 rings (SSSR count). The summed E-state index contributed by atoms with van der Waals surface area (Å²) in [5.74, 6) is 1.38. The second kappa shape index (κ2) is 7.03. The van der Waals surface area contributed by atoms with Gasteiger partial charge in [0.25, 0.3) is 0 Å². The number of benzene rings is 1. The molecule has 0 spiro atoms. The average molecular weight is 277 g/mol. The average Bonchev–Trinajstić information content (AvgIpc) is 2.94. The molecule has 1 aromatic carbocycles. The first-order valence-electron chi connectivity index (χ1n) is 7.13. The largest absolute Gasteiger partial charge is 0.497 e. The van der Waals surface area contributed by atoms with Crippen LogP contribution in [0.1, 0.15) is 13.3 Å². The molecule has 5 heteroatoms. The molecule has 0 saturated carbocycles. The van der Waals surface area contributed by atoms with Crippen LogP contribution >= 0.6 is 0 Å². The van der Waals surface area contributed by atoms with E-state index in [1.165, 1.54) is 5.69 Å². The van der Waals surface area contributed by atoms with Crippen LogP contribution in [-0.2, 0) is 0 Å². The van der Waals surface area contributed by atoms with Crippen molar-refractivity contribution in [1.29, 1.82) is 0 Å². The molecule has 5 nitrogen and oxygen atoms in total. The lowest BCUT2D eigenvalue weighted by atomic mass is 10.1. The number of rotatable bonds is 5. The van der Waals surface area contributed by atoms with Gasteiger partial charge in [0.05, 0.1) is 7.11 Å². The fourth-order valence-corrected chi connectivity index (χ4v) is 2.50. The Balaban J connectivity index is 1.84. The van der Waals surface area contributed by atoms with Gasteiger partial charge in [0.2, 0.25) is 0 Å². The summed E-state index contributed by atoms with van der Waals surface area (Å²) in [7, 11) is 1.68. The lowest BCUT2D eigenvalue weighted by molar-refractivity contribution is 0.240. The van der Waals surface area contributed by atoms with Crippen molar-refractivity contribution in [2.45, 2.75) is 13.3 Å². The van der Waals surface area contributed by atoms with Crippen molar-refractivity contribution < 1.29 is 9.53 Å². The number of ether oxygens (including phenoxy) is 1. The van der Waals surface area contributed by atoms with E-state index in [9.17, 15) is 4.79 Å². The van der Waals surface area contributed by atoms with Crippen LogP contribution < -0.4 is 20.3 Å². The summed E-state index contributed by atoms with van der Waals surface area (Å²) in [6.45, 7) is 5.30. The minimum absolute atomic E-state index is 0.0765. The van der Waals surface area contributed by atoms with E-state index in [4.69, 9.17) is 4.74 Å². The van der Waals surface area contributed by atoms with Gasteiger partial charge in [-0.3, -0.25) is 0 Å². The molecule has 20 heavy (non-hydrogen) atoms. The van der Waals surface area contributed by atoms with E-state index in [0.717, 1.165) is 31.8 Å². The van der Waals surface area contributed by atoms with Crippen LogP contribution in [0.5, 0.6) is 5.75 Å². The van der Waals surface area contributed by atoms with Gasteiger partial charge < -0.3 is 20.3 Å². The van der Waals surface area contributed by atoms with Crippen molar-refractivity contribution in [3.63, 3.8) is 0 Å². The second-order valence-electron chi connectivity index (χ2n) is 5.04. The van der Waals surface area contributed by atoms with Crippen molar-refractivity contribution in [1.82, 2.24) is 10.6 Å². The van der Waals surface area contributed by atoms with Gasteiger partial charge in [-0.25, -0.2) is 4.79 Å². The van der Waals surface area contributed by atoms with Crippen LogP contribution in [0, 0.1) is 5.92 Å². The Morgan fingerprint density at radius 2 is 2.30 bits per heavy atom. The number of nitrogens with zero attached hydrogens (tertiary/aromatic N) is 1. The minimum atomic E-state index is -0.0765. The molecule has 2 N–H and O–H groups in total. The van der Waals surface area contributed by atoms with Crippen molar-refractivity contribution >= 4 is 11.7 Å². The van der Waals surface area contributed by atoms with E-state index in [1.54, 1.807) is 7.11 Å². The molecule has 0 aliphatic carbocycles. The molecule has 1 aliphatic rings. The molecular formula is C15H23N3O2. The van der Waals surface area contributed by atoms with Gasteiger partial charge in [-0.2, -0.15) is 0 Å². The van der Waals surface area contributed by atoms with E-state index in [1.807, 2.05) is 19.1 Å². The Morgan fingerprint density at radius 1 is 1.45 bits per heavy atom. The molecule has 1 atom stereocenters. The highest BCUT2D eigenvalue weighted by Gasteiger charge is 2.23. The van der Waals surface area contributed by atoms with Crippen LogP contribution in [0.4, 0.5) is 10.5 Å². The summed E-state index contributed by atoms with van der Waals surface area (Å²) in [5.41, 5.74) is 1.19. The maximum absolute atomic E-state index is 11.4. The Kier molecular flexibility index (Phi) is 5.09. The minimum Gasteiger partial charge on any atom is -0.497 e. The molecule has 1 aromatic rings. The fourth-order valence-electron chi connectivity index (χ4n) is 2.50. The monoisotopic (exact) mass is 277 g/mol. The fraction of sp³-hybridized carbons (Fsp3) is 0.533. The first-order valence-corrected chi connectivity index (χ1v) is 7.13. The van der Waals surface area contributed by atoms with Gasteiger partial charge in [0.1, 0.15) is 5.75 Å². The summed E-state index contributed by atoms with van der Waals surface area (Å²) in [4.78, 5) is 13.7. The topological polar surface area (TPSA) is 53.6 Å². The van der Waals surface area contributed by atoms with Gasteiger partial charge >= 0.3 is 6.03 Å². The molecule has 1 saturated heterocycles. The van der Waals surface area contributed by atoms with E-state index in [-0.39, 0.29) is 6.03 Å². The molecular weight excluding hydrogens is 254 g/mol.